The van der Waals surface area contributed by atoms with Crippen LogP contribution in [-0.4, -0.2) is 5.67 Å². The van der Waals surface area contributed by atoms with Crippen molar-refractivity contribution in [3.63, 3.8) is 0 Å². The maximum atomic E-state index is 13.3. The Morgan fingerprint density at radius 3 is 2.58 bits per heavy atom. The summed E-state index contributed by atoms with van der Waals surface area (Å²) in [6.07, 6.45) is 1.86. The van der Waals surface area contributed by atoms with Gasteiger partial charge in [0.1, 0.15) is 5.67 Å². The fourth-order valence-corrected chi connectivity index (χ4v) is 1.50. The van der Waals surface area contributed by atoms with E-state index in [1.54, 1.807) is 0 Å². The van der Waals surface area contributed by atoms with Gasteiger partial charge in [0.25, 0.3) is 0 Å². The Morgan fingerprint density at radius 2 is 2.00 bits per heavy atom. The van der Waals surface area contributed by atoms with Gasteiger partial charge in [-0.2, -0.15) is 0 Å². The molecule has 64 valence electrons. The van der Waals surface area contributed by atoms with Crippen LogP contribution >= 0.6 is 11.6 Å². The van der Waals surface area contributed by atoms with Crippen molar-refractivity contribution in [2.24, 2.45) is 0 Å². The molecular weight excluding hydrogens is 175 g/mol. The van der Waals surface area contributed by atoms with Crippen molar-refractivity contribution in [3.8, 4) is 0 Å². The van der Waals surface area contributed by atoms with Crippen molar-refractivity contribution in [2.75, 3.05) is 0 Å². The third-order valence-corrected chi connectivity index (χ3v) is 2.63. The molecule has 12 heavy (non-hydrogen) atoms. The zero-order valence-corrected chi connectivity index (χ0v) is 7.44. The van der Waals surface area contributed by atoms with Gasteiger partial charge in [0.05, 0.1) is 0 Å². The molecule has 0 aliphatic heterocycles. The molecule has 0 nitrogen and oxygen atoms in total. The Balaban J connectivity index is 2.17. The standard InChI is InChI=1S/C10H10ClF/c11-9-4-2-1-3-8(9)7-10(12)5-6-10/h1-4H,5-7H2. The van der Waals surface area contributed by atoms with E-state index in [9.17, 15) is 4.39 Å². The van der Waals surface area contributed by atoms with Gasteiger partial charge in [-0.15, -0.1) is 0 Å². The van der Waals surface area contributed by atoms with Crippen LogP contribution in [0.2, 0.25) is 5.02 Å². The van der Waals surface area contributed by atoms with E-state index in [1.165, 1.54) is 0 Å². The molecule has 1 saturated carbocycles. The number of rotatable bonds is 2. The first-order valence-electron chi connectivity index (χ1n) is 4.12. The Kier molecular flexibility index (Phi) is 1.84. The maximum Gasteiger partial charge on any atom is 0.115 e. The molecule has 0 radical (unpaired) electrons. The highest BCUT2D eigenvalue weighted by molar-refractivity contribution is 6.31. The minimum Gasteiger partial charge on any atom is -0.244 e. The molecule has 0 saturated heterocycles. The van der Waals surface area contributed by atoms with Crippen molar-refractivity contribution in [1.82, 2.24) is 0 Å². The lowest BCUT2D eigenvalue weighted by Crippen LogP contribution is -2.04. The highest BCUT2D eigenvalue weighted by atomic mass is 35.5. The van der Waals surface area contributed by atoms with Crippen molar-refractivity contribution >= 4 is 11.6 Å². The summed E-state index contributed by atoms with van der Waals surface area (Å²) in [4.78, 5) is 0. The minimum absolute atomic E-state index is 0.479. The summed E-state index contributed by atoms with van der Waals surface area (Å²) in [5, 5.41) is 0.682. The summed E-state index contributed by atoms with van der Waals surface area (Å²) in [5.41, 5.74) is -0.00971. The van der Waals surface area contributed by atoms with Gasteiger partial charge in [0.15, 0.2) is 0 Å². The van der Waals surface area contributed by atoms with Crippen molar-refractivity contribution in [1.29, 1.82) is 0 Å². The van der Waals surface area contributed by atoms with E-state index < -0.39 is 5.67 Å². The lowest BCUT2D eigenvalue weighted by Gasteiger charge is -2.05. The largest absolute Gasteiger partial charge is 0.244 e. The Hall–Kier alpha value is -0.560. The molecule has 0 bridgehead atoms. The predicted molar refractivity (Wildman–Crippen MR) is 48.2 cm³/mol. The average molecular weight is 185 g/mol. The normalized spacial score (nSPS) is 19.2. The van der Waals surface area contributed by atoms with Gasteiger partial charge in [-0.1, -0.05) is 29.8 Å². The summed E-state index contributed by atoms with van der Waals surface area (Å²) in [6.45, 7) is 0. The van der Waals surface area contributed by atoms with Crippen LogP contribution < -0.4 is 0 Å². The van der Waals surface area contributed by atoms with Gasteiger partial charge in [-0.3, -0.25) is 0 Å². The summed E-state index contributed by atoms with van der Waals surface area (Å²) in [7, 11) is 0. The fraction of sp³-hybridized carbons (Fsp3) is 0.400. The van der Waals surface area contributed by atoms with E-state index in [2.05, 4.69) is 0 Å². The minimum atomic E-state index is -0.939. The van der Waals surface area contributed by atoms with Gasteiger partial charge < -0.3 is 0 Å². The molecule has 2 heteroatoms. The Labute approximate surface area is 76.4 Å². The number of alkyl halides is 1. The molecular formula is C10H10ClF. The van der Waals surface area contributed by atoms with E-state index in [4.69, 9.17) is 11.6 Å². The smallest absolute Gasteiger partial charge is 0.115 e. The van der Waals surface area contributed by atoms with E-state index >= 15 is 0 Å². The van der Waals surface area contributed by atoms with E-state index in [0.29, 0.717) is 24.3 Å². The molecule has 0 atom stereocenters. The number of halogens is 2. The third kappa shape index (κ3) is 1.61. The SMILES string of the molecule is FC1(Cc2ccccc2Cl)CC1. The van der Waals surface area contributed by atoms with Crippen LogP contribution in [0.5, 0.6) is 0 Å². The first kappa shape index (κ1) is 8.06. The van der Waals surface area contributed by atoms with Crippen LogP contribution in [-0.2, 0) is 6.42 Å². The molecule has 1 aliphatic rings. The van der Waals surface area contributed by atoms with Gasteiger partial charge in [0, 0.05) is 11.4 Å². The first-order valence-corrected chi connectivity index (χ1v) is 4.50. The lowest BCUT2D eigenvalue weighted by molar-refractivity contribution is 0.308. The highest BCUT2D eigenvalue weighted by Gasteiger charge is 2.43. The summed E-state index contributed by atoms with van der Waals surface area (Å²) in [5.74, 6) is 0. The van der Waals surface area contributed by atoms with Gasteiger partial charge in [-0.05, 0) is 24.5 Å². The van der Waals surface area contributed by atoms with Gasteiger partial charge in [0.2, 0.25) is 0 Å². The molecule has 0 spiro atoms. The molecule has 2 rings (SSSR count). The predicted octanol–water partition coefficient (Wildman–Crippen LogP) is 3.38. The highest BCUT2D eigenvalue weighted by Crippen LogP contribution is 2.43. The summed E-state index contributed by atoms with van der Waals surface area (Å²) >= 11 is 5.89. The van der Waals surface area contributed by atoms with Crippen LogP contribution in [0.3, 0.4) is 0 Å². The van der Waals surface area contributed by atoms with E-state index in [-0.39, 0.29) is 0 Å². The Morgan fingerprint density at radius 1 is 1.33 bits per heavy atom. The summed E-state index contributed by atoms with van der Waals surface area (Å²) in [6, 6.07) is 7.46. The number of hydrogen-bond donors (Lipinski definition) is 0. The van der Waals surface area contributed by atoms with E-state index in [0.717, 1.165) is 5.56 Å². The lowest BCUT2D eigenvalue weighted by atomic mass is 10.1. The maximum absolute atomic E-state index is 13.3. The van der Waals surface area contributed by atoms with Crippen LogP contribution in [0.25, 0.3) is 0 Å². The van der Waals surface area contributed by atoms with Gasteiger partial charge in [-0.25, -0.2) is 4.39 Å². The number of hydrogen-bond acceptors (Lipinski definition) is 0. The molecule has 0 amide bonds. The quantitative estimate of drug-likeness (QED) is 0.661. The molecule has 1 aliphatic carbocycles. The zero-order chi connectivity index (χ0) is 8.60. The molecule has 0 N–H and O–H groups in total. The molecule has 0 heterocycles. The molecule has 1 aromatic rings. The summed E-state index contributed by atoms with van der Waals surface area (Å²) < 4.78 is 13.3. The van der Waals surface area contributed by atoms with Crippen molar-refractivity contribution < 1.29 is 4.39 Å². The third-order valence-electron chi connectivity index (χ3n) is 2.26. The van der Waals surface area contributed by atoms with E-state index in [1.807, 2.05) is 24.3 Å². The fourth-order valence-electron chi connectivity index (χ4n) is 1.30. The number of benzene rings is 1. The second-order valence-electron chi connectivity index (χ2n) is 3.42. The first-order chi connectivity index (χ1) is 5.70. The van der Waals surface area contributed by atoms with Crippen LogP contribution in [0, 0.1) is 0 Å². The van der Waals surface area contributed by atoms with Crippen LogP contribution in [0.15, 0.2) is 24.3 Å². The zero-order valence-electron chi connectivity index (χ0n) is 6.69. The van der Waals surface area contributed by atoms with Crippen molar-refractivity contribution in [3.05, 3.63) is 34.9 Å². The molecule has 0 unspecified atom stereocenters. The Bertz CT molecular complexity index is 292. The monoisotopic (exact) mass is 184 g/mol. The topological polar surface area (TPSA) is 0 Å². The molecule has 1 fully saturated rings. The second kappa shape index (κ2) is 2.74. The molecule has 0 aromatic heterocycles. The second-order valence-corrected chi connectivity index (χ2v) is 3.83. The van der Waals surface area contributed by atoms with Crippen molar-refractivity contribution in [2.45, 2.75) is 24.9 Å². The molecule has 1 aromatic carbocycles. The van der Waals surface area contributed by atoms with Gasteiger partial charge >= 0.3 is 0 Å². The average Bonchev–Trinajstić information content (AvgIpc) is 2.74. The van der Waals surface area contributed by atoms with Crippen LogP contribution in [0.1, 0.15) is 18.4 Å². The van der Waals surface area contributed by atoms with Crippen LogP contribution in [0.4, 0.5) is 4.39 Å².